The predicted octanol–water partition coefficient (Wildman–Crippen LogP) is 4.42. The van der Waals surface area contributed by atoms with E-state index in [1.54, 1.807) is 30.3 Å². The van der Waals surface area contributed by atoms with Crippen molar-refractivity contribution in [2.24, 2.45) is 5.73 Å². The first-order valence-electron chi connectivity index (χ1n) is 11.1. The minimum atomic E-state index is -0.551. The highest BCUT2D eigenvalue weighted by Crippen LogP contribution is 2.24. The molecule has 0 fully saturated rings. The lowest BCUT2D eigenvalue weighted by atomic mass is 10.1. The van der Waals surface area contributed by atoms with Crippen LogP contribution in [0.15, 0.2) is 91.1 Å². The third-order valence-corrected chi connectivity index (χ3v) is 5.22. The summed E-state index contributed by atoms with van der Waals surface area (Å²) in [5, 5.41) is 7.61. The Bertz CT molecular complexity index is 1330. The van der Waals surface area contributed by atoms with E-state index in [9.17, 15) is 9.59 Å². The van der Waals surface area contributed by atoms with Crippen LogP contribution in [0.5, 0.6) is 5.75 Å². The maximum absolute atomic E-state index is 12.6. The number of carbonyl (C=O) groups excluding carboxylic acids is 2. The summed E-state index contributed by atoms with van der Waals surface area (Å²) < 4.78 is 7.11. The predicted molar refractivity (Wildman–Crippen MR) is 137 cm³/mol. The zero-order chi connectivity index (χ0) is 24.6. The van der Waals surface area contributed by atoms with Crippen LogP contribution < -0.4 is 15.8 Å². The SMILES string of the molecule is Cc1ccc(-c2nn(Cc3ccccc3)cc2/C=C/C(=O)Nc2ccc(OCC(N)=O)cc2)cc1. The number of hydrogen-bond acceptors (Lipinski definition) is 4. The molecule has 3 N–H and O–H groups in total. The first-order chi connectivity index (χ1) is 17.0. The molecule has 0 saturated heterocycles. The highest BCUT2D eigenvalue weighted by molar-refractivity contribution is 6.02. The van der Waals surface area contributed by atoms with Crippen molar-refractivity contribution in [1.82, 2.24) is 9.78 Å². The summed E-state index contributed by atoms with van der Waals surface area (Å²) in [5.74, 6) is -0.336. The smallest absolute Gasteiger partial charge is 0.255 e. The van der Waals surface area contributed by atoms with Crippen molar-refractivity contribution in [1.29, 1.82) is 0 Å². The van der Waals surface area contributed by atoms with Gasteiger partial charge in [-0.1, -0.05) is 60.2 Å². The lowest BCUT2D eigenvalue weighted by Gasteiger charge is -2.06. The molecule has 0 bridgehead atoms. The molecule has 0 radical (unpaired) electrons. The fourth-order valence-electron chi connectivity index (χ4n) is 3.48. The van der Waals surface area contributed by atoms with Gasteiger partial charge in [-0.3, -0.25) is 14.3 Å². The van der Waals surface area contributed by atoms with E-state index in [2.05, 4.69) is 17.4 Å². The van der Waals surface area contributed by atoms with Gasteiger partial charge in [-0.05, 0) is 42.8 Å². The molecule has 1 heterocycles. The molecular formula is C28H26N4O3. The van der Waals surface area contributed by atoms with E-state index in [-0.39, 0.29) is 12.5 Å². The number of rotatable bonds is 9. The number of nitrogens with one attached hydrogen (secondary N) is 1. The molecule has 0 saturated carbocycles. The van der Waals surface area contributed by atoms with E-state index in [0.717, 1.165) is 22.4 Å². The lowest BCUT2D eigenvalue weighted by Crippen LogP contribution is -2.20. The Morgan fingerprint density at radius 3 is 2.40 bits per heavy atom. The summed E-state index contributed by atoms with van der Waals surface area (Å²) >= 11 is 0. The number of aryl methyl sites for hydroxylation is 1. The van der Waals surface area contributed by atoms with Crippen LogP contribution in [0.1, 0.15) is 16.7 Å². The molecule has 4 rings (SSSR count). The molecule has 3 aromatic carbocycles. The maximum atomic E-state index is 12.6. The third kappa shape index (κ3) is 6.68. The summed E-state index contributed by atoms with van der Waals surface area (Å²) in [5.41, 5.74) is 10.6. The number of nitrogens with zero attached hydrogens (tertiary/aromatic N) is 2. The van der Waals surface area contributed by atoms with Crippen molar-refractivity contribution in [2.75, 3.05) is 11.9 Å². The van der Waals surface area contributed by atoms with Crippen LogP contribution >= 0.6 is 0 Å². The molecule has 0 spiro atoms. The van der Waals surface area contributed by atoms with Crippen LogP contribution in [0.3, 0.4) is 0 Å². The van der Waals surface area contributed by atoms with Gasteiger partial charge in [0.2, 0.25) is 5.91 Å². The van der Waals surface area contributed by atoms with Crippen molar-refractivity contribution >= 4 is 23.6 Å². The normalized spacial score (nSPS) is 10.9. The van der Waals surface area contributed by atoms with Crippen LogP contribution in [-0.4, -0.2) is 28.2 Å². The van der Waals surface area contributed by atoms with Crippen LogP contribution in [0.4, 0.5) is 5.69 Å². The zero-order valence-electron chi connectivity index (χ0n) is 19.3. The van der Waals surface area contributed by atoms with E-state index >= 15 is 0 Å². The van der Waals surface area contributed by atoms with E-state index < -0.39 is 5.91 Å². The molecule has 2 amide bonds. The molecule has 1 aromatic heterocycles. The average Bonchev–Trinajstić information content (AvgIpc) is 3.26. The van der Waals surface area contributed by atoms with Crippen molar-refractivity contribution < 1.29 is 14.3 Å². The van der Waals surface area contributed by atoms with Crippen molar-refractivity contribution in [2.45, 2.75) is 13.5 Å². The summed E-state index contributed by atoms with van der Waals surface area (Å²) in [4.78, 5) is 23.4. The van der Waals surface area contributed by atoms with Crippen LogP contribution in [0.25, 0.3) is 17.3 Å². The number of primary amides is 1. The van der Waals surface area contributed by atoms with Crippen molar-refractivity contribution in [3.63, 3.8) is 0 Å². The summed E-state index contributed by atoms with van der Waals surface area (Å²) in [7, 11) is 0. The largest absolute Gasteiger partial charge is 0.484 e. The number of benzene rings is 3. The van der Waals surface area contributed by atoms with Crippen LogP contribution in [0, 0.1) is 6.92 Å². The third-order valence-electron chi connectivity index (χ3n) is 5.22. The number of ether oxygens (including phenoxy) is 1. The monoisotopic (exact) mass is 466 g/mol. The number of aromatic nitrogens is 2. The molecule has 176 valence electrons. The van der Waals surface area contributed by atoms with Crippen molar-refractivity contribution in [3.8, 4) is 17.0 Å². The quantitative estimate of drug-likeness (QED) is 0.357. The van der Waals surface area contributed by atoms with E-state index in [0.29, 0.717) is 18.0 Å². The first kappa shape index (κ1) is 23.5. The van der Waals surface area contributed by atoms with Gasteiger partial charge >= 0.3 is 0 Å². The lowest BCUT2D eigenvalue weighted by molar-refractivity contribution is -0.120. The molecule has 0 unspecified atom stereocenters. The van der Waals surface area contributed by atoms with Gasteiger partial charge in [0.15, 0.2) is 6.61 Å². The highest BCUT2D eigenvalue weighted by atomic mass is 16.5. The van der Waals surface area contributed by atoms with Gasteiger partial charge in [0.1, 0.15) is 5.75 Å². The Morgan fingerprint density at radius 1 is 1.00 bits per heavy atom. The fourth-order valence-corrected chi connectivity index (χ4v) is 3.48. The molecule has 7 nitrogen and oxygen atoms in total. The summed E-state index contributed by atoms with van der Waals surface area (Å²) in [6.45, 7) is 2.47. The van der Waals surface area contributed by atoms with Gasteiger partial charge in [0.25, 0.3) is 5.91 Å². The Hall–Kier alpha value is -4.65. The molecule has 0 atom stereocenters. The van der Waals surface area contributed by atoms with Crippen LogP contribution in [0.2, 0.25) is 0 Å². The van der Waals surface area contributed by atoms with Gasteiger partial charge < -0.3 is 15.8 Å². The average molecular weight is 467 g/mol. The Labute approximate surface area is 203 Å². The maximum Gasteiger partial charge on any atom is 0.255 e. The molecular weight excluding hydrogens is 440 g/mol. The van der Waals surface area contributed by atoms with E-state index in [1.165, 1.54) is 11.6 Å². The minimum absolute atomic E-state index is 0.199. The van der Waals surface area contributed by atoms with Gasteiger partial charge in [-0.15, -0.1) is 0 Å². The number of hydrogen-bond donors (Lipinski definition) is 2. The highest BCUT2D eigenvalue weighted by Gasteiger charge is 2.10. The van der Waals surface area contributed by atoms with Crippen LogP contribution in [-0.2, 0) is 16.1 Å². The van der Waals surface area contributed by atoms with Gasteiger partial charge in [0, 0.05) is 29.1 Å². The Morgan fingerprint density at radius 2 is 1.71 bits per heavy atom. The minimum Gasteiger partial charge on any atom is -0.484 e. The van der Waals surface area contributed by atoms with E-state index in [1.807, 2.05) is 60.3 Å². The molecule has 4 aromatic rings. The number of anilines is 1. The standard InChI is InChI=1S/C28H26N4O3/c1-20-7-9-22(10-8-20)28-23(18-32(31-28)17-21-5-3-2-4-6-21)11-16-27(34)30-24-12-14-25(15-13-24)35-19-26(29)33/h2-16,18H,17,19H2,1H3,(H2,29,33)(H,30,34)/b16-11+. The molecule has 0 aliphatic heterocycles. The molecule has 35 heavy (non-hydrogen) atoms. The van der Waals surface area contributed by atoms with Gasteiger partial charge in [0.05, 0.1) is 12.2 Å². The fraction of sp³-hybridized carbons (Fsp3) is 0.107. The zero-order valence-corrected chi connectivity index (χ0v) is 19.3. The number of nitrogens with two attached hydrogens (primary N) is 1. The van der Waals surface area contributed by atoms with Gasteiger partial charge in [-0.25, -0.2) is 0 Å². The Kier molecular flexibility index (Phi) is 7.37. The summed E-state index contributed by atoms with van der Waals surface area (Å²) in [6.07, 6.45) is 5.19. The second kappa shape index (κ2) is 11.0. The first-order valence-corrected chi connectivity index (χ1v) is 11.1. The second-order valence-corrected chi connectivity index (χ2v) is 8.08. The van der Waals surface area contributed by atoms with Gasteiger partial charge in [-0.2, -0.15) is 5.10 Å². The molecule has 0 aliphatic rings. The number of carbonyl (C=O) groups is 2. The molecule has 0 aliphatic carbocycles. The van der Waals surface area contributed by atoms with E-state index in [4.69, 9.17) is 15.6 Å². The van der Waals surface area contributed by atoms with Crippen molar-refractivity contribution in [3.05, 3.63) is 108 Å². The summed E-state index contributed by atoms with van der Waals surface area (Å²) in [6, 6.07) is 25.0. The Balaban J connectivity index is 1.50. The number of amides is 2. The second-order valence-electron chi connectivity index (χ2n) is 8.08. The topological polar surface area (TPSA) is 99.2 Å². The molecule has 7 heteroatoms.